The molecule has 1 amide bonds. The van der Waals surface area contributed by atoms with E-state index >= 15 is 0 Å². The summed E-state index contributed by atoms with van der Waals surface area (Å²) in [6, 6.07) is 5.81. The third kappa shape index (κ3) is 4.60. The zero-order valence-corrected chi connectivity index (χ0v) is 15.9. The molecule has 2 heterocycles. The third-order valence-corrected chi connectivity index (χ3v) is 4.17. The molecule has 2 aromatic heterocycles. The standard InChI is InChI=1S/C17H20FN9O2/c1-3-26(4-2)10-13-14(21-25-27(13)16-15(19)23-29-24-16)17(28)22-20-9-11-6-5-7-12(18)8-11/h5-9H,3-4,10H2,1-2H3,(H2,19,23)(H,22,28). The highest BCUT2D eigenvalue weighted by Gasteiger charge is 2.24. The van der Waals surface area contributed by atoms with Crippen molar-refractivity contribution in [2.24, 2.45) is 5.10 Å². The van der Waals surface area contributed by atoms with E-state index in [0.717, 1.165) is 13.1 Å². The van der Waals surface area contributed by atoms with E-state index in [4.69, 9.17) is 5.73 Å². The highest BCUT2D eigenvalue weighted by Crippen LogP contribution is 2.17. The Kier molecular flexibility index (Phi) is 6.24. The number of aromatic nitrogens is 5. The van der Waals surface area contributed by atoms with Crippen molar-refractivity contribution in [3.8, 4) is 5.82 Å². The van der Waals surface area contributed by atoms with Crippen LogP contribution in [0.1, 0.15) is 35.6 Å². The van der Waals surface area contributed by atoms with Crippen LogP contribution in [-0.2, 0) is 6.54 Å². The van der Waals surface area contributed by atoms with Crippen molar-refractivity contribution < 1.29 is 13.8 Å². The average molecular weight is 401 g/mol. The summed E-state index contributed by atoms with van der Waals surface area (Å²) in [5, 5.41) is 19.0. The number of carbonyl (C=O) groups excluding carboxylic acids is 1. The first kappa shape index (κ1) is 20.1. The molecule has 0 aliphatic rings. The molecule has 11 nitrogen and oxygen atoms in total. The maximum absolute atomic E-state index is 13.2. The largest absolute Gasteiger partial charge is 0.378 e. The van der Waals surface area contributed by atoms with Crippen molar-refractivity contribution in [3.05, 3.63) is 47.0 Å². The van der Waals surface area contributed by atoms with Crippen molar-refractivity contribution in [2.45, 2.75) is 20.4 Å². The molecule has 0 saturated carbocycles. The van der Waals surface area contributed by atoms with Crippen LogP contribution in [0, 0.1) is 5.82 Å². The number of halogens is 1. The first-order valence-electron chi connectivity index (χ1n) is 8.87. The Bertz CT molecular complexity index is 1010. The number of carbonyl (C=O) groups is 1. The van der Waals surface area contributed by atoms with Crippen molar-refractivity contribution >= 4 is 17.9 Å². The summed E-state index contributed by atoms with van der Waals surface area (Å²) in [4.78, 5) is 14.7. The monoisotopic (exact) mass is 401 g/mol. The highest BCUT2D eigenvalue weighted by atomic mass is 19.1. The first-order chi connectivity index (χ1) is 14.0. The summed E-state index contributed by atoms with van der Waals surface area (Å²) in [6.07, 6.45) is 1.33. The quantitative estimate of drug-likeness (QED) is 0.420. The van der Waals surface area contributed by atoms with E-state index in [9.17, 15) is 9.18 Å². The molecule has 3 N–H and O–H groups in total. The van der Waals surface area contributed by atoms with E-state index in [1.165, 1.54) is 23.0 Å². The van der Waals surface area contributed by atoms with E-state index < -0.39 is 11.7 Å². The number of nitrogens with one attached hydrogen (secondary N) is 1. The second-order valence-electron chi connectivity index (χ2n) is 5.99. The second-order valence-corrected chi connectivity index (χ2v) is 5.99. The molecular formula is C17H20FN9O2. The summed E-state index contributed by atoms with van der Waals surface area (Å²) in [7, 11) is 0. The molecule has 12 heteroatoms. The molecule has 0 atom stereocenters. The summed E-state index contributed by atoms with van der Waals surface area (Å²) in [5.74, 6) is -0.821. The van der Waals surface area contributed by atoms with Gasteiger partial charge >= 0.3 is 0 Å². The molecule has 0 aliphatic heterocycles. The molecular weight excluding hydrogens is 381 g/mol. The van der Waals surface area contributed by atoms with Crippen LogP contribution >= 0.6 is 0 Å². The SMILES string of the molecule is CCN(CC)Cc1c(C(=O)NN=Cc2cccc(F)c2)nnn1-c1nonc1N. The Labute approximate surface area is 165 Å². The number of rotatable bonds is 8. The maximum Gasteiger partial charge on any atom is 0.293 e. The molecule has 0 bridgehead atoms. The number of nitrogens with two attached hydrogens (primary N) is 1. The minimum absolute atomic E-state index is 0.0202. The van der Waals surface area contributed by atoms with Gasteiger partial charge < -0.3 is 5.73 Å². The summed E-state index contributed by atoms with van der Waals surface area (Å²) in [6.45, 7) is 5.84. The Balaban J connectivity index is 1.86. The molecule has 0 unspecified atom stereocenters. The molecule has 0 spiro atoms. The smallest absolute Gasteiger partial charge is 0.293 e. The van der Waals surface area contributed by atoms with Gasteiger partial charge in [0.1, 0.15) is 5.82 Å². The molecule has 29 heavy (non-hydrogen) atoms. The summed E-state index contributed by atoms with van der Waals surface area (Å²) >= 11 is 0. The number of anilines is 1. The Hall–Kier alpha value is -3.67. The zero-order chi connectivity index (χ0) is 20.8. The van der Waals surface area contributed by atoms with Gasteiger partial charge in [0.15, 0.2) is 5.69 Å². The van der Waals surface area contributed by atoms with Gasteiger partial charge in [-0.15, -0.1) is 5.10 Å². The molecule has 0 radical (unpaired) electrons. The van der Waals surface area contributed by atoms with Crippen LogP contribution in [-0.4, -0.2) is 55.4 Å². The van der Waals surface area contributed by atoms with Gasteiger partial charge in [0, 0.05) is 6.54 Å². The van der Waals surface area contributed by atoms with Crippen molar-refractivity contribution in [1.82, 2.24) is 35.6 Å². The van der Waals surface area contributed by atoms with Gasteiger partial charge in [0.2, 0.25) is 11.6 Å². The number of hydrazone groups is 1. The van der Waals surface area contributed by atoms with Gasteiger partial charge in [-0.1, -0.05) is 31.2 Å². The summed E-state index contributed by atoms with van der Waals surface area (Å²) < 4.78 is 19.2. The normalized spacial score (nSPS) is 11.4. The van der Waals surface area contributed by atoms with Crippen LogP contribution in [0.15, 0.2) is 34.0 Å². The molecule has 0 aliphatic carbocycles. The number of benzene rings is 1. The molecule has 152 valence electrons. The third-order valence-electron chi connectivity index (χ3n) is 4.17. The van der Waals surface area contributed by atoms with E-state index in [1.54, 1.807) is 12.1 Å². The van der Waals surface area contributed by atoms with Crippen LogP contribution < -0.4 is 11.2 Å². The molecule has 3 rings (SSSR count). The van der Waals surface area contributed by atoms with E-state index in [1.807, 2.05) is 13.8 Å². The maximum atomic E-state index is 13.2. The lowest BCUT2D eigenvalue weighted by Crippen LogP contribution is -2.27. The summed E-state index contributed by atoms with van der Waals surface area (Å²) in [5.41, 5.74) is 9.13. The van der Waals surface area contributed by atoms with E-state index in [0.29, 0.717) is 17.8 Å². The Morgan fingerprint density at radius 1 is 1.38 bits per heavy atom. The minimum Gasteiger partial charge on any atom is -0.378 e. The fraction of sp³-hybridized carbons (Fsp3) is 0.294. The van der Waals surface area contributed by atoms with Gasteiger partial charge in [0.05, 0.1) is 11.9 Å². The number of nitrogens with zero attached hydrogens (tertiary/aromatic N) is 7. The van der Waals surface area contributed by atoms with Gasteiger partial charge in [-0.2, -0.15) is 9.78 Å². The lowest BCUT2D eigenvalue weighted by Gasteiger charge is -2.18. The Morgan fingerprint density at radius 3 is 2.83 bits per heavy atom. The highest BCUT2D eigenvalue weighted by molar-refractivity contribution is 5.94. The number of hydrogen-bond acceptors (Lipinski definition) is 9. The lowest BCUT2D eigenvalue weighted by atomic mass is 10.2. The second kappa shape index (κ2) is 9.01. The topological polar surface area (TPSA) is 140 Å². The van der Waals surface area contributed by atoms with Crippen molar-refractivity contribution in [3.63, 3.8) is 0 Å². The predicted octanol–water partition coefficient (Wildman–Crippen LogP) is 0.977. The van der Waals surface area contributed by atoms with Gasteiger partial charge in [-0.05, 0) is 41.1 Å². The number of amides is 1. The van der Waals surface area contributed by atoms with Crippen LogP contribution in [0.25, 0.3) is 5.82 Å². The fourth-order valence-corrected chi connectivity index (χ4v) is 2.59. The van der Waals surface area contributed by atoms with E-state index in [2.05, 4.69) is 40.7 Å². The predicted molar refractivity (Wildman–Crippen MR) is 102 cm³/mol. The molecule has 1 aromatic carbocycles. The number of hydrogen-bond donors (Lipinski definition) is 2. The van der Waals surface area contributed by atoms with Crippen molar-refractivity contribution in [2.75, 3.05) is 18.8 Å². The first-order valence-corrected chi connectivity index (χ1v) is 8.87. The molecule has 0 saturated heterocycles. The van der Waals surface area contributed by atoms with Gasteiger partial charge in [-0.25, -0.2) is 14.4 Å². The average Bonchev–Trinajstić information content (AvgIpc) is 3.31. The lowest BCUT2D eigenvalue weighted by molar-refractivity contribution is 0.0948. The van der Waals surface area contributed by atoms with Gasteiger partial charge in [0.25, 0.3) is 5.91 Å². The zero-order valence-electron chi connectivity index (χ0n) is 15.9. The van der Waals surface area contributed by atoms with E-state index in [-0.39, 0.29) is 17.3 Å². The van der Waals surface area contributed by atoms with Crippen LogP contribution in [0.3, 0.4) is 0 Å². The Morgan fingerprint density at radius 2 is 2.17 bits per heavy atom. The molecule has 3 aromatic rings. The fourth-order valence-electron chi connectivity index (χ4n) is 2.59. The van der Waals surface area contributed by atoms with Crippen LogP contribution in [0.2, 0.25) is 0 Å². The number of nitrogen functional groups attached to an aromatic ring is 1. The van der Waals surface area contributed by atoms with Crippen molar-refractivity contribution in [1.29, 1.82) is 0 Å². The van der Waals surface area contributed by atoms with Crippen LogP contribution in [0.5, 0.6) is 0 Å². The van der Waals surface area contributed by atoms with Crippen LogP contribution in [0.4, 0.5) is 10.2 Å². The minimum atomic E-state index is -0.582. The van der Waals surface area contributed by atoms with Gasteiger partial charge in [-0.3, -0.25) is 9.69 Å². The molecule has 0 fully saturated rings.